The molecule has 2 aliphatic heterocycles. The Morgan fingerprint density at radius 2 is 1.06 bits per heavy atom. The Morgan fingerprint density at radius 1 is 0.583 bits per heavy atom. The summed E-state index contributed by atoms with van der Waals surface area (Å²) in [6, 6.07) is 36.5. The summed E-state index contributed by atoms with van der Waals surface area (Å²) in [5, 5.41) is 4.85. The fourth-order valence-corrected chi connectivity index (χ4v) is 10.5. The number of amides is 8. The number of hydrogen-bond donors (Lipinski definition) is 2. The lowest BCUT2D eigenvalue weighted by Crippen LogP contribution is -2.67. The third-order valence-corrected chi connectivity index (χ3v) is 14.6. The fraction of sp³-hybridized carbons (Fsp3) is 0.397. The minimum atomic E-state index is -1.54. The number of hydrogen-bond acceptors (Lipinski definition) is 13. The van der Waals surface area contributed by atoms with Crippen LogP contribution in [0.3, 0.4) is 0 Å². The lowest BCUT2D eigenvalue weighted by Gasteiger charge is -2.45. The minimum Gasteiger partial charge on any atom is -0.447 e. The van der Waals surface area contributed by atoms with E-state index in [0.29, 0.717) is 16.7 Å². The number of nitrogens with one attached hydrogen (secondary N) is 2. The van der Waals surface area contributed by atoms with Crippen molar-refractivity contribution in [3.05, 3.63) is 167 Å². The van der Waals surface area contributed by atoms with Crippen LogP contribution in [0.4, 0.5) is 19.2 Å². The van der Waals surface area contributed by atoms with Crippen LogP contribution in [-0.4, -0.2) is 135 Å². The fourth-order valence-electron chi connectivity index (χ4n) is 10.5. The van der Waals surface area contributed by atoms with Gasteiger partial charge in [-0.15, -0.1) is 0 Å². The number of carbonyl (C=O) groups is 8. The number of nitrogens with zero attached hydrogens (tertiary/aromatic N) is 6. The van der Waals surface area contributed by atoms with Gasteiger partial charge in [0.15, 0.2) is 0 Å². The van der Waals surface area contributed by atoms with Gasteiger partial charge in [0.25, 0.3) is 17.7 Å². The number of rotatable bonds is 17. The average Bonchev–Trinajstić information content (AvgIpc) is 2.55. The third kappa shape index (κ3) is 15.0. The van der Waals surface area contributed by atoms with Crippen molar-refractivity contribution < 1.29 is 62.1 Å². The number of carbonyl (C=O) groups excluding carboxylic acids is 8. The Balaban J connectivity index is 1.10. The van der Waals surface area contributed by atoms with Crippen molar-refractivity contribution in [2.75, 3.05) is 26.7 Å². The monoisotopic (exact) mass is 1150 g/mol. The summed E-state index contributed by atoms with van der Waals surface area (Å²) < 4.78 is 23.0. The summed E-state index contributed by atoms with van der Waals surface area (Å²) in [5.41, 5.74) is 9.46. The number of hydrazine groups is 3. The summed E-state index contributed by atoms with van der Waals surface area (Å²) in [6.07, 6.45) is -3.39. The van der Waals surface area contributed by atoms with Gasteiger partial charge in [0.05, 0.1) is 0 Å². The van der Waals surface area contributed by atoms with Gasteiger partial charge < -0.3 is 23.8 Å². The van der Waals surface area contributed by atoms with Crippen molar-refractivity contribution in [1.29, 1.82) is 0 Å². The van der Waals surface area contributed by atoms with Gasteiger partial charge in [-0.1, -0.05) is 153 Å². The van der Waals surface area contributed by atoms with E-state index < -0.39 is 77.8 Å². The Labute approximate surface area is 489 Å². The molecule has 2 saturated heterocycles. The van der Waals surface area contributed by atoms with Crippen molar-refractivity contribution in [3.8, 4) is 11.1 Å². The van der Waals surface area contributed by atoms with E-state index in [1.54, 1.807) is 106 Å². The van der Waals surface area contributed by atoms with Crippen LogP contribution in [0.5, 0.6) is 0 Å². The molecule has 2 N–H and O–H groups in total. The first kappa shape index (κ1) is 61.1. The molecule has 1 aliphatic carbocycles. The molecule has 0 radical (unpaired) electrons. The topological polar surface area (TPSA) is 226 Å². The van der Waals surface area contributed by atoms with E-state index in [0.717, 1.165) is 52.3 Å². The normalized spacial score (nSPS) is 16.5. The molecule has 0 spiro atoms. The Bertz CT molecular complexity index is 3080. The van der Waals surface area contributed by atoms with Crippen LogP contribution >= 0.6 is 0 Å². The highest BCUT2D eigenvalue weighted by Crippen LogP contribution is 2.45. The van der Waals surface area contributed by atoms with Crippen molar-refractivity contribution >= 4 is 48.0 Å². The molecule has 21 heteroatoms. The van der Waals surface area contributed by atoms with Crippen LogP contribution in [0, 0.1) is 5.92 Å². The number of benzene rings is 5. The predicted molar refractivity (Wildman–Crippen MR) is 308 cm³/mol. The van der Waals surface area contributed by atoms with Crippen molar-refractivity contribution in [2.24, 2.45) is 5.92 Å². The molecule has 444 valence electrons. The lowest BCUT2D eigenvalue weighted by molar-refractivity contribution is -0.216. The second-order valence-corrected chi connectivity index (χ2v) is 22.3. The number of fused-ring (bicyclic) bond motifs is 3. The predicted octanol–water partition coefficient (Wildman–Crippen LogP) is 9.28. The Hall–Kier alpha value is -8.98. The molecular weight excluding hydrogens is 1080 g/mol. The third-order valence-electron chi connectivity index (χ3n) is 14.6. The molecule has 8 rings (SSSR count). The van der Waals surface area contributed by atoms with Gasteiger partial charge in [0.2, 0.25) is 5.91 Å². The van der Waals surface area contributed by atoms with Crippen LogP contribution in [-0.2, 0) is 62.8 Å². The lowest BCUT2D eigenvalue weighted by atomic mass is 9.98. The maximum absolute atomic E-state index is 15.6. The van der Waals surface area contributed by atoms with Crippen LogP contribution < -0.4 is 10.9 Å². The highest BCUT2D eigenvalue weighted by atomic mass is 16.7. The van der Waals surface area contributed by atoms with E-state index in [-0.39, 0.29) is 83.5 Å². The molecule has 0 aromatic heterocycles. The quantitative estimate of drug-likeness (QED) is 0.0655. The van der Waals surface area contributed by atoms with Gasteiger partial charge in [-0.05, 0) is 105 Å². The second kappa shape index (κ2) is 27.9. The van der Waals surface area contributed by atoms with Crippen LogP contribution in [0.25, 0.3) is 11.1 Å². The number of ether oxygens (including phenoxy) is 4. The van der Waals surface area contributed by atoms with Crippen LogP contribution in [0.15, 0.2) is 140 Å². The summed E-state index contributed by atoms with van der Waals surface area (Å²) in [7, 11) is 1.37. The summed E-state index contributed by atoms with van der Waals surface area (Å²) >= 11 is 0. The molecule has 4 atom stereocenters. The molecular formula is C63H74N8O13. The first-order valence-electron chi connectivity index (χ1n) is 28.3. The Kier molecular flexibility index (Phi) is 20.3. The maximum Gasteiger partial charge on any atom is 0.429 e. The molecule has 3 aliphatic rings. The van der Waals surface area contributed by atoms with E-state index >= 15 is 14.4 Å². The number of likely N-dealkylation sites (N-methyl/N-ethyl adjacent to an activating group) is 1. The molecule has 2 fully saturated rings. The van der Waals surface area contributed by atoms with Crippen LogP contribution in [0.2, 0.25) is 0 Å². The molecule has 0 saturated carbocycles. The molecule has 21 nitrogen and oxygen atoms in total. The highest BCUT2D eigenvalue weighted by molar-refractivity contribution is 5.96. The van der Waals surface area contributed by atoms with E-state index in [4.69, 9.17) is 23.8 Å². The first-order valence-corrected chi connectivity index (χ1v) is 28.3. The first-order chi connectivity index (χ1) is 40.3. The highest BCUT2D eigenvalue weighted by Gasteiger charge is 2.49. The Morgan fingerprint density at radius 3 is 1.57 bits per heavy atom. The van der Waals surface area contributed by atoms with Crippen molar-refractivity contribution in [3.63, 3.8) is 0 Å². The minimum absolute atomic E-state index is 0.000690. The van der Waals surface area contributed by atoms with Crippen molar-refractivity contribution in [2.45, 2.75) is 129 Å². The standard InChI is InChI=1S/C63H74N8O13/c1-42(2)37-54(57(74)69-52(55(72)64-65-59(76)84-63(4,5)6)33-21-35-67(69)60(77)80-38-44-23-11-8-12-24-44)66(7)56(73)43(3)71(83-40-46-27-15-10-16-28-46)58(75)53-34-22-36-68(61(78)81-39-45-25-13-9-14-26-45)70(53)62(79)82-41-51-49-31-19-17-29-47(49)48-30-18-20-32-50(48)51/h8-20,23-32,42-43,51-54H,21-22,33-41H2,1-7H3,(H,64,72)(H,65,76)/t43-,52-,53+,54+/m0/s1. The molecule has 5 aromatic carbocycles. The number of hydroxylamine groups is 2. The zero-order valence-corrected chi connectivity index (χ0v) is 48.5. The molecule has 84 heavy (non-hydrogen) atoms. The second-order valence-electron chi connectivity index (χ2n) is 22.3. The van der Waals surface area contributed by atoms with Gasteiger partial charge in [-0.25, -0.2) is 49.7 Å². The van der Waals surface area contributed by atoms with Crippen LogP contribution in [0.1, 0.15) is 107 Å². The van der Waals surface area contributed by atoms with Gasteiger partial charge >= 0.3 is 24.4 Å². The largest absolute Gasteiger partial charge is 0.447 e. The smallest absolute Gasteiger partial charge is 0.429 e. The molecule has 2 heterocycles. The summed E-state index contributed by atoms with van der Waals surface area (Å²) in [4.78, 5) is 124. The summed E-state index contributed by atoms with van der Waals surface area (Å²) in [6.45, 7) is 9.21. The van der Waals surface area contributed by atoms with E-state index in [2.05, 4.69) is 10.9 Å². The molecule has 8 amide bonds. The molecule has 0 bridgehead atoms. The SMILES string of the molecule is CC(C)C[C@H](C(=O)N1[C@H](C(=O)NNC(=O)OC(C)(C)C)CCCN1C(=O)OCc1ccccc1)N(C)C(=O)[C@H](C)N(OCc1ccccc1)C(=O)[C@H]1CCCN(C(=O)OCc2ccccc2)N1C(=O)OCC1c2ccccc2-c2ccccc21. The average molecular weight is 1150 g/mol. The van der Waals surface area contributed by atoms with Gasteiger partial charge in [-0.2, -0.15) is 0 Å². The molecule has 5 aromatic rings. The summed E-state index contributed by atoms with van der Waals surface area (Å²) in [5.74, 6) is -4.06. The zero-order valence-electron chi connectivity index (χ0n) is 48.5. The van der Waals surface area contributed by atoms with E-state index in [9.17, 15) is 24.0 Å². The maximum atomic E-state index is 15.6. The van der Waals surface area contributed by atoms with Crippen molar-refractivity contribution in [1.82, 2.24) is 40.9 Å². The zero-order chi connectivity index (χ0) is 60.1. The van der Waals surface area contributed by atoms with Gasteiger partial charge in [0.1, 0.15) is 56.2 Å². The van der Waals surface area contributed by atoms with Gasteiger partial charge in [-0.3, -0.25) is 29.4 Å². The molecule has 0 unspecified atom stereocenters. The van der Waals surface area contributed by atoms with E-state index in [1.165, 1.54) is 14.0 Å². The van der Waals surface area contributed by atoms with E-state index in [1.807, 2.05) is 68.4 Å². The van der Waals surface area contributed by atoms with Gasteiger partial charge in [0, 0.05) is 26.1 Å².